The van der Waals surface area contributed by atoms with E-state index in [9.17, 15) is 9.90 Å². The van der Waals surface area contributed by atoms with Crippen molar-refractivity contribution in [2.24, 2.45) is 5.92 Å². The third-order valence-electron chi connectivity index (χ3n) is 6.69. The monoisotopic (exact) mass is 410 g/mol. The number of aryl methyl sites for hydroxylation is 2. The van der Waals surface area contributed by atoms with E-state index in [-0.39, 0.29) is 24.9 Å². The highest BCUT2D eigenvalue weighted by Crippen LogP contribution is 2.49. The summed E-state index contributed by atoms with van der Waals surface area (Å²) in [6.45, 7) is 8.25. The number of aliphatic hydroxyl groups excluding tert-OH is 1. The molecule has 1 aromatic carbocycles. The molecule has 2 aliphatic carbocycles. The number of nitrogens with zero attached hydrogens (tertiary/aromatic N) is 1. The first kappa shape index (κ1) is 24.1. The van der Waals surface area contributed by atoms with Crippen LogP contribution in [-0.2, 0) is 11.8 Å². The van der Waals surface area contributed by atoms with Crippen molar-refractivity contribution in [2.45, 2.75) is 85.2 Å². The van der Waals surface area contributed by atoms with E-state index in [1.165, 1.54) is 11.1 Å². The van der Waals surface area contributed by atoms with Crippen molar-refractivity contribution in [3.63, 3.8) is 0 Å². The van der Waals surface area contributed by atoms with Crippen molar-refractivity contribution in [1.29, 1.82) is 0 Å². The topological polar surface area (TPSA) is 62.2 Å². The molecule has 1 aromatic heterocycles. The Morgan fingerprint density at radius 1 is 1.23 bits per heavy atom. The normalized spacial score (nSPS) is 24.7. The molecule has 0 spiro atoms. The molecule has 30 heavy (non-hydrogen) atoms. The predicted molar refractivity (Wildman–Crippen MR) is 125 cm³/mol. The average molecular weight is 411 g/mol. The smallest absolute Gasteiger partial charge is 0.255 e. The number of aliphatic hydroxyl groups is 1. The van der Waals surface area contributed by atoms with Crippen LogP contribution in [0.25, 0.3) is 0 Å². The number of benzene rings is 1. The predicted octanol–water partition coefficient (Wildman–Crippen LogP) is 6.06. The third-order valence-corrected chi connectivity index (χ3v) is 6.69. The van der Waals surface area contributed by atoms with Gasteiger partial charge in [-0.05, 0) is 92.2 Å². The maximum atomic E-state index is 12.8. The number of pyridine rings is 1. The number of rotatable bonds is 2. The van der Waals surface area contributed by atoms with Crippen molar-refractivity contribution >= 4 is 11.6 Å². The number of amides is 1. The molecule has 1 saturated carbocycles. The van der Waals surface area contributed by atoms with Crippen LogP contribution in [0.3, 0.4) is 0 Å². The number of aromatic nitrogens is 1. The van der Waals surface area contributed by atoms with Crippen LogP contribution in [0.1, 0.15) is 87.5 Å². The SMILES string of the molecule is C.CC.Cc1ncccc1NC(=O)c1ccc2c(c1)CCCC1CC(O)CCC21C. The number of anilines is 1. The molecule has 1 amide bonds. The Hall–Kier alpha value is -2.20. The minimum Gasteiger partial charge on any atom is -0.393 e. The van der Waals surface area contributed by atoms with Crippen molar-refractivity contribution in [2.75, 3.05) is 5.32 Å². The Labute approximate surface area is 182 Å². The summed E-state index contributed by atoms with van der Waals surface area (Å²) < 4.78 is 0. The third kappa shape index (κ3) is 4.75. The van der Waals surface area contributed by atoms with Gasteiger partial charge in [0.2, 0.25) is 0 Å². The Morgan fingerprint density at radius 3 is 2.73 bits per heavy atom. The molecule has 2 aliphatic rings. The van der Waals surface area contributed by atoms with Gasteiger partial charge < -0.3 is 10.4 Å². The largest absolute Gasteiger partial charge is 0.393 e. The number of hydrogen-bond acceptors (Lipinski definition) is 3. The minimum absolute atomic E-state index is 0. The second-order valence-electron chi connectivity index (χ2n) is 8.40. The van der Waals surface area contributed by atoms with Crippen LogP contribution in [0.5, 0.6) is 0 Å². The summed E-state index contributed by atoms with van der Waals surface area (Å²) in [5.41, 5.74) is 5.07. The zero-order valence-electron chi connectivity index (χ0n) is 18.2. The van der Waals surface area contributed by atoms with Crippen LogP contribution < -0.4 is 5.32 Å². The molecule has 0 aliphatic heterocycles. The van der Waals surface area contributed by atoms with Gasteiger partial charge in [0.1, 0.15) is 0 Å². The van der Waals surface area contributed by atoms with Gasteiger partial charge in [0.25, 0.3) is 5.91 Å². The first-order chi connectivity index (χ1) is 14.0. The summed E-state index contributed by atoms with van der Waals surface area (Å²) in [6, 6.07) is 9.91. The van der Waals surface area contributed by atoms with E-state index in [1.54, 1.807) is 6.20 Å². The van der Waals surface area contributed by atoms with Crippen molar-refractivity contribution in [1.82, 2.24) is 4.98 Å². The van der Waals surface area contributed by atoms with Crippen LogP contribution >= 0.6 is 0 Å². The highest BCUT2D eigenvalue weighted by atomic mass is 16.3. The van der Waals surface area contributed by atoms with E-state index in [2.05, 4.69) is 29.4 Å². The first-order valence-corrected chi connectivity index (χ1v) is 11.0. The summed E-state index contributed by atoms with van der Waals surface area (Å²) >= 11 is 0. The lowest BCUT2D eigenvalue weighted by Crippen LogP contribution is -2.39. The van der Waals surface area contributed by atoms with Crippen molar-refractivity contribution < 1.29 is 9.90 Å². The lowest BCUT2D eigenvalue weighted by Gasteiger charge is -2.43. The molecule has 0 radical (unpaired) electrons. The van der Waals surface area contributed by atoms with Gasteiger partial charge in [-0.2, -0.15) is 0 Å². The van der Waals surface area contributed by atoms with Crippen LogP contribution in [0.2, 0.25) is 0 Å². The quantitative estimate of drug-likeness (QED) is 0.632. The second-order valence-corrected chi connectivity index (χ2v) is 8.40. The van der Waals surface area contributed by atoms with Gasteiger partial charge in [-0.1, -0.05) is 34.3 Å². The van der Waals surface area contributed by atoms with Gasteiger partial charge in [-0.3, -0.25) is 9.78 Å². The average Bonchev–Trinajstić information content (AvgIpc) is 2.87. The van der Waals surface area contributed by atoms with Crippen LogP contribution in [-0.4, -0.2) is 22.1 Å². The zero-order valence-corrected chi connectivity index (χ0v) is 18.2. The summed E-state index contributed by atoms with van der Waals surface area (Å²) in [5, 5.41) is 13.1. The maximum absolute atomic E-state index is 12.8. The van der Waals surface area contributed by atoms with Gasteiger partial charge in [0, 0.05) is 11.8 Å². The second kappa shape index (κ2) is 10.2. The van der Waals surface area contributed by atoms with Gasteiger partial charge >= 0.3 is 0 Å². The van der Waals surface area contributed by atoms with Gasteiger partial charge in [-0.25, -0.2) is 0 Å². The molecular weight excluding hydrogens is 372 g/mol. The molecule has 4 nitrogen and oxygen atoms in total. The standard InChI is InChI=1S/C23H28N2O2.C2H6.CH4/c1-15-21(7-4-12-24-15)25-22(27)17-8-9-20-16(13-17)5-3-6-18-14-19(26)10-11-23(18,20)2;1-2;/h4,7-9,12-13,18-19,26H,3,5-6,10-11,14H2,1-2H3,(H,25,27);1-2H3;1H4. The van der Waals surface area contributed by atoms with Crippen molar-refractivity contribution in [3.05, 3.63) is 58.9 Å². The molecule has 1 heterocycles. The van der Waals surface area contributed by atoms with E-state index in [0.29, 0.717) is 11.5 Å². The van der Waals surface area contributed by atoms with Gasteiger partial charge in [-0.15, -0.1) is 0 Å². The number of fused-ring (bicyclic) bond motifs is 3. The molecule has 0 bridgehead atoms. The molecule has 2 N–H and O–H groups in total. The lowest BCUT2D eigenvalue weighted by atomic mass is 9.62. The highest BCUT2D eigenvalue weighted by Gasteiger charge is 2.42. The van der Waals surface area contributed by atoms with E-state index >= 15 is 0 Å². The zero-order chi connectivity index (χ0) is 21.0. The van der Waals surface area contributed by atoms with Crippen LogP contribution in [0.15, 0.2) is 36.5 Å². The number of hydrogen-bond donors (Lipinski definition) is 2. The molecule has 3 atom stereocenters. The van der Waals surface area contributed by atoms with Crippen molar-refractivity contribution in [3.8, 4) is 0 Å². The number of carbonyl (C=O) groups is 1. The van der Waals surface area contributed by atoms with Crippen LogP contribution in [0, 0.1) is 12.8 Å². The van der Waals surface area contributed by atoms with Crippen LogP contribution in [0.4, 0.5) is 5.69 Å². The van der Waals surface area contributed by atoms with Gasteiger partial charge in [0.05, 0.1) is 17.5 Å². The lowest BCUT2D eigenvalue weighted by molar-refractivity contribution is 0.0542. The summed E-state index contributed by atoms with van der Waals surface area (Å²) in [5.74, 6) is 0.444. The molecule has 3 unspecified atom stereocenters. The Morgan fingerprint density at radius 2 is 2.00 bits per heavy atom. The molecule has 4 heteroatoms. The Kier molecular flexibility index (Phi) is 8.19. The summed E-state index contributed by atoms with van der Waals surface area (Å²) in [7, 11) is 0. The fourth-order valence-electron chi connectivity index (χ4n) is 5.02. The molecular formula is C26H38N2O2. The van der Waals surface area contributed by atoms with E-state index in [1.807, 2.05) is 39.0 Å². The molecule has 1 fully saturated rings. The fourth-order valence-corrected chi connectivity index (χ4v) is 5.02. The number of carbonyl (C=O) groups excluding carboxylic acids is 1. The maximum Gasteiger partial charge on any atom is 0.255 e. The number of nitrogens with one attached hydrogen (secondary N) is 1. The van der Waals surface area contributed by atoms with E-state index in [0.717, 1.165) is 49.9 Å². The van der Waals surface area contributed by atoms with E-state index in [4.69, 9.17) is 0 Å². The fraction of sp³-hybridized carbons (Fsp3) is 0.538. The Bertz CT molecular complexity index is 864. The van der Waals surface area contributed by atoms with Gasteiger partial charge in [0.15, 0.2) is 0 Å². The first-order valence-electron chi connectivity index (χ1n) is 11.0. The molecule has 2 aromatic rings. The molecule has 4 rings (SSSR count). The Balaban J connectivity index is 0.00000104. The summed E-state index contributed by atoms with van der Waals surface area (Å²) in [4.78, 5) is 17.0. The minimum atomic E-state index is -0.155. The molecule has 164 valence electrons. The van der Waals surface area contributed by atoms with E-state index < -0.39 is 0 Å². The highest BCUT2D eigenvalue weighted by molar-refractivity contribution is 6.04. The summed E-state index contributed by atoms with van der Waals surface area (Å²) in [6.07, 6.45) is 7.64. The molecule has 0 saturated heterocycles.